The molecule has 0 fully saturated rings. The molecule has 0 spiro atoms. The number of benzene rings is 1. The molecule has 1 aromatic carbocycles. The van der Waals surface area contributed by atoms with Crippen LogP contribution in [-0.4, -0.2) is 9.26 Å². The molecule has 1 aromatic rings. The normalized spacial score (nSPS) is 11.0. The number of rotatable bonds is 3. The largest absolute Gasteiger partial charge is 0.272 e. The van der Waals surface area contributed by atoms with Crippen LogP contribution < -0.4 is 0 Å². The Morgan fingerprint density at radius 2 is 1.82 bits per heavy atom. The Morgan fingerprint density at radius 1 is 1.35 bits per heavy atom. The van der Waals surface area contributed by atoms with Crippen molar-refractivity contribution in [3.05, 3.63) is 37.9 Å². The SMILES string of the molecule is N#CC(Cl)(Cl)Cc1c(Cl)cc([N+](=O)[O-])cc1Cl. The van der Waals surface area contributed by atoms with E-state index in [1.54, 1.807) is 6.07 Å². The lowest BCUT2D eigenvalue weighted by Crippen LogP contribution is -2.14. The first-order chi connectivity index (χ1) is 7.76. The van der Waals surface area contributed by atoms with E-state index in [4.69, 9.17) is 51.7 Å². The summed E-state index contributed by atoms with van der Waals surface area (Å²) in [5, 5.41) is 19.3. The molecule has 0 saturated carbocycles. The Bertz CT molecular complexity index is 487. The van der Waals surface area contributed by atoms with Gasteiger partial charge in [-0.3, -0.25) is 10.1 Å². The van der Waals surface area contributed by atoms with Crippen molar-refractivity contribution in [1.29, 1.82) is 5.26 Å². The van der Waals surface area contributed by atoms with Gasteiger partial charge >= 0.3 is 0 Å². The Kier molecular flexibility index (Phi) is 4.45. The molecular formula is C9H4Cl4N2O2. The lowest BCUT2D eigenvalue weighted by molar-refractivity contribution is -0.384. The number of non-ortho nitro benzene ring substituents is 1. The standard InChI is InChI=1S/C9H4Cl4N2O2/c10-7-1-5(15(16)17)2-8(11)6(7)3-9(12,13)4-14/h1-2H,3H2. The first-order valence-electron chi connectivity index (χ1n) is 4.18. The minimum Gasteiger partial charge on any atom is -0.258 e. The summed E-state index contributed by atoms with van der Waals surface area (Å²) in [5.41, 5.74) is 0.0564. The number of halogens is 4. The summed E-state index contributed by atoms with van der Waals surface area (Å²) in [5.74, 6) is 0. The van der Waals surface area contributed by atoms with Gasteiger partial charge in [0.1, 0.15) is 6.07 Å². The zero-order valence-corrected chi connectivity index (χ0v) is 11.1. The van der Waals surface area contributed by atoms with Crippen LogP contribution in [0.4, 0.5) is 5.69 Å². The maximum absolute atomic E-state index is 10.5. The summed E-state index contributed by atoms with van der Waals surface area (Å²) in [6.45, 7) is 0. The summed E-state index contributed by atoms with van der Waals surface area (Å²) < 4.78 is -1.68. The van der Waals surface area contributed by atoms with Gasteiger partial charge in [-0.25, -0.2) is 0 Å². The van der Waals surface area contributed by atoms with Crippen molar-refractivity contribution in [2.75, 3.05) is 0 Å². The molecule has 0 N–H and O–H groups in total. The second-order valence-electron chi connectivity index (χ2n) is 3.14. The molecule has 0 unspecified atom stereocenters. The number of nitro benzene ring substituents is 1. The van der Waals surface area contributed by atoms with Gasteiger partial charge in [0.25, 0.3) is 5.69 Å². The van der Waals surface area contributed by atoms with Crippen molar-refractivity contribution >= 4 is 52.1 Å². The summed E-state index contributed by atoms with van der Waals surface area (Å²) in [6.07, 6.45) is -0.123. The smallest absolute Gasteiger partial charge is 0.258 e. The highest BCUT2D eigenvalue weighted by molar-refractivity contribution is 6.50. The highest BCUT2D eigenvalue weighted by atomic mass is 35.5. The first-order valence-corrected chi connectivity index (χ1v) is 5.69. The van der Waals surface area contributed by atoms with Gasteiger partial charge in [0, 0.05) is 18.6 Å². The van der Waals surface area contributed by atoms with Crippen LogP contribution in [0.5, 0.6) is 0 Å². The second-order valence-corrected chi connectivity index (χ2v) is 5.44. The van der Waals surface area contributed by atoms with Crippen LogP contribution in [0.1, 0.15) is 5.56 Å². The van der Waals surface area contributed by atoms with E-state index in [1.807, 2.05) is 0 Å². The van der Waals surface area contributed by atoms with E-state index in [0.29, 0.717) is 5.56 Å². The molecule has 0 aliphatic heterocycles. The molecule has 0 atom stereocenters. The molecular weight excluding hydrogens is 310 g/mol. The topological polar surface area (TPSA) is 66.9 Å². The highest BCUT2D eigenvalue weighted by Gasteiger charge is 2.27. The van der Waals surface area contributed by atoms with Crippen LogP contribution in [-0.2, 0) is 6.42 Å². The van der Waals surface area contributed by atoms with Crippen molar-refractivity contribution in [2.24, 2.45) is 0 Å². The molecule has 90 valence electrons. The summed E-state index contributed by atoms with van der Waals surface area (Å²) in [6, 6.07) is 3.92. The molecule has 4 nitrogen and oxygen atoms in total. The fourth-order valence-corrected chi connectivity index (χ4v) is 2.00. The maximum atomic E-state index is 10.5. The van der Waals surface area contributed by atoms with Gasteiger partial charge in [0.05, 0.1) is 15.0 Å². The van der Waals surface area contributed by atoms with Gasteiger partial charge in [0.15, 0.2) is 0 Å². The molecule has 0 heterocycles. The number of hydrogen-bond donors (Lipinski definition) is 0. The number of nitriles is 1. The van der Waals surface area contributed by atoms with E-state index in [0.717, 1.165) is 12.1 Å². The molecule has 17 heavy (non-hydrogen) atoms. The summed E-state index contributed by atoms with van der Waals surface area (Å²) in [4.78, 5) is 9.92. The molecule has 0 aliphatic carbocycles. The number of alkyl halides is 2. The quantitative estimate of drug-likeness (QED) is 0.478. The minimum absolute atomic E-state index is 0.0464. The summed E-state index contributed by atoms with van der Waals surface area (Å²) >= 11 is 23.0. The average molecular weight is 314 g/mol. The van der Waals surface area contributed by atoms with Crippen LogP contribution in [0.15, 0.2) is 12.1 Å². The van der Waals surface area contributed by atoms with E-state index in [9.17, 15) is 10.1 Å². The zero-order chi connectivity index (χ0) is 13.2. The number of hydrogen-bond acceptors (Lipinski definition) is 3. The molecule has 0 bridgehead atoms. The van der Waals surface area contributed by atoms with E-state index in [1.165, 1.54) is 0 Å². The number of nitrogens with zero attached hydrogens (tertiary/aromatic N) is 2. The third-order valence-electron chi connectivity index (χ3n) is 1.90. The number of nitro groups is 1. The molecule has 0 aliphatic rings. The van der Waals surface area contributed by atoms with Crippen molar-refractivity contribution in [3.63, 3.8) is 0 Å². The minimum atomic E-state index is -1.68. The Balaban J connectivity index is 3.20. The third-order valence-corrected chi connectivity index (χ3v) is 3.01. The van der Waals surface area contributed by atoms with Gasteiger partial charge in [-0.15, -0.1) is 0 Å². The Morgan fingerprint density at radius 3 is 2.18 bits per heavy atom. The zero-order valence-electron chi connectivity index (χ0n) is 8.08. The molecule has 8 heteroatoms. The Labute approximate surface area is 117 Å². The highest BCUT2D eigenvalue weighted by Crippen LogP contribution is 2.35. The van der Waals surface area contributed by atoms with Crippen LogP contribution in [0, 0.1) is 21.4 Å². The van der Waals surface area contributed by atoms with Gasteiger partial charge in [-0.1, -0.05) is 46.4 Å². The van der Waals surface area contributed by atoms with E-state index < -0.39 is 9.26 Å². The van der Waals surface area contributed by atoms with Crippen LogP contribution >= 0.6 is 46.4 Å². The van der Waals surface area contributed by atoms with Gasteiger partial charge < -0.3 is 0 Å². The molecule has 0 radical (unpaired) electrons. The fraction of sp³-hybridized carbons (Fsp3) is 0.222. The van der Waals surface area contributed by atoms with E-state index in [-0.39, 0.29) is 22.2 Å². The van der Waals surface area contributed by atoms with Gasteiger partial charge in [-0.2, -0.15) is 5.26 Å². The van der Waals surface area contributed by atoms with E-state index in [2.05, 4.69) is 0 Å². The maximum Gasteiger partial charge on any atom is 0.272 e. The van der Waals surface area contributed by atoms with Gasteiger partial charge in [0.2, 0.25) is 4.33 Å². The van der Waals surface area contributed by atoms with Crippen molar-refractivity contribution in [1.82, 2.24) is 0 Å². The lowest BCUT2D eigenvalue weighted by atomic mass is 10.1. The van der Waals surface area contributed by atoms with Crippen LogP contribution in [0.2, 0.25) is 10.0 Å². The van der Waals surface area contributed by atoms with Gasteiger partial charge in [-0.05, 0) is 5.56 Å². The summed E-state index contributed by atoms with van der Waals surface area (Å²) in [7, 11) is 0. The predicted molar refractivity (Wildman–Crippen MR) is 66.9 cm³/mol. The average Bonchev–Trinajstić information content (AvgIpc) is 2.23. The predicted octanol–water partition coefficient (Wildman–Crippen LogP) is 4.14. The lowest BCUT2D eigenvalue weighted by Gasteiger charge is -2.12. The Hall–Kier alpha value is -0.730. The monoisotopic (exact) mass is 312 g/mol. The molecule has 0 aromatic heterocycles. The first kappa shape index (κ1) is 14.3. The fourth-order valence-electron chi connectivity index (χ4n) is 1.13. The second kappa shape index (κ2) is 5.28. The van der Waals surface area contributed by atoms with Crippen molar-refractivity contribution in [3.8, 4) is 6.07 Å². The van der Waals surface area contributed by atoms with Crippen LogP contribution in [0.25, 0.3) is 0 Å². The molecule has 0 saturated heterocycles. The van der Waals surface area contributed by atoms with Crippen LogP contribution in [0.3, 0.4) is 0 Å². The van der Waals surface area contributed by atoms with E-state index >= 15 is 0 Å². The molecule has 1 rings (SSSR count). The van der Waals surface area contributed by atoms with Crippen molar-refractivity contribution in [2.45, 2.75) is 10.8 Å². The third kappa shape index (κ3) is 3.62. The molecule has 0 amide bonds. The van der Waals surface area contributed by atoms with Crippen molar-refractivity contribution < 1.29 is 4.92 Å².